The van der Waals surface area contributed by atoms with Crippen LogP contribution in [0.25, 0.3) is 0 Å². The minimum absolute atomic E-state index is 0.0272. The Bertz CT molecular complexity index is 510. The minimum Gasteiger partial charge on any atom is -0.385 e. The van der Waals surface area contributed by atoms with Gasteiger partial charge in [-0.05, 0) is 37.0 Å². The van der Waals surface area contributed by atoms with E-state index in [0.29, 0.717) is 23.1 Å². The van der Waals surface area contributed by atoms with Crippen molar-refractivity contribution in [1.29, 1.82) is 0 Å². The van der Waals surface area contributed by atoms with Gasteiger partial charge in [-0.25, -0.2) is 0 Å². The van der Waals surface area contributed by atoms with Gasteiger partial charge in [0.05, 0.1) is 22.1 Å². The lowest BCUT2D eigenvalue weighted by Gasteiger charge is -2.28. The average molecular weight is 331 g/mol. The number of carbonyl (C=O) groups is 1. The smallest absolute Gasteiger partial charge is 0.240 e. The summed E-state index contributed by atoms with van der Waals surface area (Å²) in [6.07, 6.45) is 2.41. The Morgan fingerprint density at radius 2 is 2.24 bits per heavy atom. The molecule has 2 atom stereocenters. The van der Waals surface area contributed by atoms with E-state index in [1.54, 1.807) is 13.2 Å². The first-order chi connectivity index (χ1) is 10.0. The van der Waals surface area contributed by atoms with Crippen LogP contribution in [0, 0.1) is 0 Å². The van der Waals surface area contributed by atoms with Gasteiger partial charge in [0, 0.05) is 20.3 Å². The Hall–Kier alpha value is -0.810. The fraction of sp³-hybridized carbons (Fsp3) is 0.533. The lowest BCUT2D eigenvalue weighted by Crippen LogP contribution is -2.43. The molecule has 0 saturated carbocycles. The first kappa shape index (κ1) is 16.6. The van der Waals surface area contributed by atoms with E-state index >= 15 is 0 Å². The van der Waals surface area contributed by atoms with Gasteiger partial charge in [-0.1, -0.05) is 29.3 Å². The van der Waals surface area contributed by atoms with Crippen molar-refractivity contribution in [2.45, 2.75) is 31.3 Å². The van der Waals surface area contributed by atoms with Gasteiger partial charge in [-0.3, -0.25) is 4.79 Å². The molecule has 1 aliphatic rings. The standard InChI is InChI=1S/C15H20Cl2N2O2/c1-21-8-6-13(18)15(20)19-7-2-3-14(19)10-4-5-11(16)12(17)9-10/h4-5,9,13-14H,2-3,6-8,18H2,1H3. The fourth-order valence-corrected chi connectivity index (χ4v) is 2.98. The van der Waals surface area contributed by atoms with E-state index in [0.717, 1.165) is 24.9 Å². The molecule has 116 valence electrons. The van der Waals surface area contributed by atoms with Crippen molar-refractivity contribution in [2.24, 2.45) is 5.73 Å². The largest absolute Gasteiger partial charge is 0.385 e. The molecule has 21 heavy (non-hydrogen) atoms. The zero-order chi connectivity index (χ0) is 15.4. The molecule has 1 aliphatic heterocycles. The maximum absolute atomic E-state index is 12.5. The van der Waals surface area contributed by atoms with E-state index in [-0.39, 0.29) is 11.9 Å². The number of benzene rings is 1. The second kappa shape index (κ2) is 7.45. The summed E-state index contributed by atoms with van der Waals surface area (Å²) >= 11 is 12.0. The molecule has 0 aliphatic carbocycles. The van der Waals surface area contributed by atoms with Gasteiger partial charge in [0.15, 0.2) is 0 Å². The van der Waals surface area contributed by atoms with Crippen molar-refractivity contribution in [3.63, 3.8) is 0 Å². The van der Waals surface area contributed by atoms with E-state index in [1.165, 1.54) is 0 Å². The summed E-state index contributed by atoms with van der Waals surface area (Å²) in [7, 11) is 1.60. The second-order valence-electron chi connectivity index (χ2n) is 5.25. The van der Waals surface area contributed by atoms with E-state index in [9.17, 15) is 4.79 Å². The van der Waals surface area contributed by atoms with Crippen molar-refractivity contribution in [3.05, 3.63) is 33.8 Å². The zero-order valence-corrected chi connectivity index (χ0v) is 13.5. The molecule has 0 spiro atoms. The van der Waals surface area contributed by atoms with Crippen LogP contribution in [0.3, 0.4) is 0 Å². The van der Waals surface area contributed by atoms with Gasteiger partial charge in [-0.2, -0.15) is 0 Å². The molecule has 6 heteroatoms. The number of likely N-dealkylation sites (tertiary alicyclic amines) is 1. The number of nitrogens with two attached hydrogens (primary N) is 1. The third-order valence-electron chi connectivity index (χ3n) is 3.81. The van der Waals surface area contributed by atoms with Crippen molar-refractivity contribution < 1.29 is 9.53 Å². The Morgan fingerprint density at radius 1 is 1.48 bits per heavy atom. The number of carbonyl (C=O) groups excluding carboxylic acids is 1. The molecule has 0 bridgehead atoms. The maximum Gasteiger partial charge on any atom is 0.240 e. The van der Waals surface area contributed by atoms with Crippen molar-refractivity contribution in [2.75, 3.05) is 20.3 Å². The summed E-state index contributed by atoms with van der Waals surface area (Å²) in [5.74, 6) is -0.0272. The molecule has 2 rings (SSSR count). The van der Waals surface area contributed by atoms with Crippen LogP contribution in [0.15, 0.2) is 18.2 Å². The summed E-state index contributed by atoms with van der Waals surface area (Å²) < 4.78 is 4.98. The van der Waals surface area contributed by atoms with E-state index < -0.39 is 6.04 Å². The Morgan fingerprint density at radius 3 is 2.90 bits per heavy atom. The van der Waals surface area contributed by atoms with Crippen LogP contribution in [0.2, 0.25) is 10.0 Å². The van der Waals surface area contributed by atoms with Gasteiger partial charge < -0.3 is 15.4 Å². The van der Waals surface area contributed by atoms with Gasteiger partial charge >= 0.3 is 0 Å². The summed E-state index contributed by atoms with van der Waals surface area (Å²) in [6, 6.07) is 5.03. The third-order valence-corrected chi connectivity index (χ3v) is 4.55. The Kier molecular flexibility index (Phi) is 5.88. The lowest BCUT2D eigenvalue weighted by atomic mass is 10.0. The van der Waals surface area contributed by atoms with E-state index in [4.69, 9.17) is 33.7 Å². The topological polar surface area (TPSA) is 55.6 Å². The number of halogens is 2. The number of rotatable bonds is 5. The molecule has 0 radical (unpaired) electrons. The van der Waals surface area contributed by atoms with Crippen LogP contribution in [-0.4, -0.2) is 37.1 Å². The zero-order valence-electron chi connectivity index (χ0n) is 12.0. The number of hydrogen-bond donors (Lipinski definition) is 1. The quantitative estimate of drug-likeness (QED) is 0.902. The normalized spacial score (nSPS) is 19.8. The maximum atomic E-state index is 12.5. The molecule has 0 aromatic heterocycles. The predicted molar refractivity (Wildman–Crippen MR) is 84.6 cm³/mol. The molecule has 1 heterocycles. The predicted octanol–water partition coefficient (Wildman–Crippen LogP) is 3.02. The lowest BCUT2D eigenvalue weighted by molar-refractivity contribution is -0.134. The van der Waals surface area contributed by atoms with Gasteiger partial charge in [0.1, 0.15) is 0 Å². The molecular formula is C15H20Cl2N2O2. The van der Waals surface area contributed by atoms with Crippen LogP contribution >= 0.6 is 23.2 Å². The molecule has 1 saturated heterocycles. The van der Waals surface area contributed by atoms with Crippen LogP contribution in [0.4, 0.5) is 0 Å². The summed E-state index contributed by atoms with van der Waals surface area (Å²) in [5, 5.41) is 1.03. The van der Waals surface area contributed by atoms with Gasteiger partial charge in [0.25, 0.3) is 0 Å². The Labute approximate surface area is 135 Å². The fourth-order valence-electron chi connectivity index (χ4n) is 2.68. The Balaban J connectivity index is 2.12. The first-order valence-electron chi connectivity index (χ1n) is 7.04. The number of amides is 1. The van der Waals surface area contributed by atoms with Crippen molar-refractivity contribution in [1.82, 2.24) is 4.90 Å². The number of hydrogen-bond acceptors (Lipinski definition) is 3. The third kappa shape index (κ3) is 3.89. The van der Waals surface area contributed by atoms with Gasteiger partial charge in [0.2, 0.25) is 5.91 Å². The summed E-state index contributed by atoms with van der Waals surface area (Å²) in [6.45, 7) is 1.21. The average Bonchev–Trinajstić information content (AvgIpc) is 2.96. The highest BCUT2D eigenvalue weighted by atomic mass is 35.5. The van der Waals surface area contributed by atoms with Crippen LogP contribution in [-0.2, 0) is 9.53 Å². The molecule has 2 unspecified atom stereocenters. The van der Waals surface area contributed by atoms with Crippen LogP contribution in [0.5, 0.6) is 0 Å². The molecule has 1 amide bonds. The monoisotopic (exact) mass is 330 g/mol. The minimum atomic E-state index is -0.520. The first-order valence-corrected chi connectivity index (χ1v) is 7.80. The van der Waals surface area contributed by atoms with Crippen molar-refractivity contribution >= 4 is 29.1 Å². The number of methoxy groups -OCH3 is 1. The van der Waals surface area contributed by atoms with Crippen molar-refractivity contribution in [3.8, 4) is 0 Å². The molecule has 4 nitrogen and oxygen atoms in total. The highest BCUT2D eigenvalue weighted by molar-refractivity contribution is 6.42. The second-order valence-corrected chi connectivity index (χ2v) is 6.07. The highest BCUT2D eigenvalue weighted by Crippen LogP contribution is 2.35. The van der Waals surface area contributed by atoms with E-state index in [1.807, 2.05) is 17.0 Å². The van der Waals surface area contributed by atoms with Gasteiger partial charge in [-0.15, -0.1) is 0 Å². The molecular weight excluding hydrogens is 311 g/mol. The number of ether oxygens (including phenoxy) is 1. The molecule has 1 aromatic carbocycles. The summed E-state index contributed by atoms with van der Waals surface area (Å²) in [5.41, 5.74) is 6.97. The SMILES string of the molecule is COCCC(N)C(=O)N1CCCC1c1ccc(Cl)c(Cl)c1. The molecule has 2 N–H and O–H groups in total. The van der Waals surface area contributed by atoms with Crippen LogP contribution in [0.1, 0.15) is 30.9 Å². The number of nitrogens with zero attached hydrogens (tertiary/aromatic N) is 1. The highest BCUT2D eigenvalue weighted by Gasteiger charge is 2.32. The molecule has 1 aromatic rings. The summed E-state index contributed by atoms with van der Waals surface area (Å²) in [4.78, 5) is 14.3. The van der Waals surface area contributed by atoms with Crippen LogP contribution < -0.4 is 5.73 Å². The molecule has 1 fully saturated rings. The van der Waals surface area contributed by atoms with E-state index in [2.05, 4.69) is 0 Å².